The number of nitrogens with two attached hydrogens (primary N) is 1. The molecule has 0 atom stereocenters. The maximum Gasteiger partial charge on any atom is 0.253 e. The summed E-state index contributed by atoms with van der Waals surface area (Å²) in [5.41, 5.74) is 7.84. The molecule has 2 N–H and O–H groups in total. The van der Waals surface area contributed by atoms with E-state index in [9.17, 15) is 4.79 Å². The lowest BCUT2D eigenvalue weighted by molar-refractivity contribution is 0.749. The molecule has 3 nitrogen and oxygen atoms in total. The predicted molar refractivity (Wildman–Crippen MR) is 78.1 cm³/mol. The van der Waals surface area contributed by atoms with Crippen molar-refractivity contribution in [2.24, 2.45) is 0 Å². The lowest BCUT2D eigenvalue weighted by atomic mass is 10.2. The molecule has 0 radical (unpaired) electrons. The third-order valence-electron chi connectivity index (χ3n) is 2.64. The molecule has 0 bridgehead atoms. The summed E-state index contributed by atoms with van der Waals surface area (Å²) < 4.78 is 2.47. The normalized spacial score (nSPS) is 10.6. The summed E-state index contributed by atoms with van der Waals surface area (Å²) in [6.07, 6.45) is 1.74. The van der Waals surface area contributed by atoms with Crippen molar-refractivity contribution in [1.82, 2.24) is 4.57 Å². The highest BCUT2D eigenvalue weighted by Crippen LogP contribution is 2.20. The Balaban J connectivity index is 2.46. The highest BCUT2D eigenvalue weighted by molar-refractivity contribution is 9.10. The van der Waals surface area contributed by atoms with E-state index in [0.29, 0.717) is 22.8 Å². The molecule has 0 fully saturated rings. The minimum absolute atomic E-state index is 0.0308. The molecule has 94 valence electrons. The third kappa shape index (κ3) is 2.76. The predicted octanol–water partition coefficient (Wildman–Crippen LogP) is 3.20. The summed E-state index contributed by atoms with van der Waals surface area (Å²) in [4.78, 5) is 12.0. The number of hydrogen-bond donors (Lipinski definition) is 1. The van der Waals surface area contributed by atoms with E-state index in [0.717, 1.165) is 10.0 Å². The fourth-order valence-corrected chi connectivity index (χ4v) is 2.52. The number of halogens is 2. The first-order valence-corrected chi connectivity index (χ1v) is 6.55. The van der Waals surface area contributed by atoms with Crippen molar-refractivity contribution >= 4 is 33.2 Å². The highest BCUT2D eigenvalue weighted by atomic mass is 79.9. The first kappa shape index (κ1) is 13.2. The van der Waals surface area contributed by atoms with Gasteiger partial charge in [0.15, 0.2) is 0 Å². The van der Waals surface area contributed by atoms with Crippen LogP contribution < -0.4 is 11.3 Å². The van der Waals surface area contributed by atoms with Crippen molar-refractivity contribution in [1.29, 1.82) is 0 Å². The van der Waals surface area contributed by atoms with Crippen LogP contribution in [0.15, 0.2) is 39.7 Å². The van der Waals surface area contributed by atoms with Gasteiger partial charge in [0, 0.05) is 26.9 Å². The lowest BCUT2D eigenvalue weighted by Crippen LogP contribution is -2.22. The fraction of sp³-hybridized carbons (Fsp3) is 0.154. The number of anilines is 1. The van der Waals surface area contributed by atoms with Crippen LogP contribution in [0.25, 0.3) is 0 Å². The second-order valence-electron chi connectivity index (χ2n) is 4.13. The number of aromatic nitrogens is 1. The van der Waals surface area contributed by atoms with Gasteiger partial charge in [0.05, 0.1) is 6.54 Å². The van der Waals surface area contributed by atoms with Crippen LogP contribution in [0.3, 0.4) is 0 Å². The molecule has 1 aromatic carbocycles. The summed E-state index contributed by atoms with van der Waals surface area (Å²) >= 11 is 9.47. The van der Waals surface area contributed by atoms with Gasteiger partial charge in [-0.2, -0.15) is 0 Å². The molecule has 5 heteroatoms. The van der Waals surface area contributed by atoms with Gasteiger partial charge in [-0.1, -0.05) is 11.6 Å². The number of rotatable bonds is 2. The van der Waals surface area contributed by atoms with Crippen molar-refractivity contribution in [3.63, 3.8) is 0 Å². The number of nitrogen functional groups attached to an aromatic ring is 1. The second-order valence-corrected chi connectivity index (χ2v) is 5.45. The third-order valence-corrected chi connectivity index (χ3v) is 3.44. The molecular weight excluding hydrogens is 316 g/mol. The van der Waals surface area contributed by atoms with E-state index < -0.39 is 0 Å². The molecule has 0 aliphatic heterocycles. The Morgan fingerprint density at radius 3 is 2.83 bits per heavy atom. The highest BCUT2D eigenvalue weighted by Gasteiger charge is 2.06. The molecule has 1 aromatic heterocycles. The van der Waals surface area contributed by atoms with E-state index in [1.165, 1.54) is 0 Å². The van der Waals surface area contributed by atoms with Gasteiger partial charge in [0.25, 0.3) is 5.56 Å². The monoisotopic (exact) mass is 326 g/mol. The quantitative estimate of drug-likeness (QED) is 0.861. The SMILES string of the molecule is Cc1cc(Br)cn(Cc2cc(N)ccc2Cl)c1=O. The van der Waals surface area contributed by atoms with E-state index >= 15 is 0 Å². The first-order chi connectivity index (χ1) is 8.47. The number of pyridine rings is 1. The number of hydrogen-bond acceptors (Lipinski definition) is 2. The van der Waals surface area contributed by atoms with Crippen molar-refractivity contribution < 1.29 is 0 Å². The van der Waals surface area contributed by atoms with Crippen molar-refractivity contribution in [2.45, 2.75) is 13.5 Å². The van der Waals surface area contributed by atoms with Crippen LogP contribution >= 0.6 is 27.5 Å². The lowest BCUT2D eigenvalue weighted by Gasteiger charge is -2.10. The molecule has 18 heavy (non-hydrogen) atoms. The fourth-order valence-electron chi connectivity index (χ4n) is 1.76. The number of aryl methyl sites for hydroxylation is 1. The van der Waals surface area contributed by atoms with E-state index in [4.69, 9.17) is 17.3 Å². The molecule has 0 amide bonds. The summed E-state index contributed by atoms with van der Waals surface area (Å²) in [7, 11) is 0. The minimum Gasteiger partial charge on any atom is -0.399 e. The Labute approximate surface area is 118 Å². The summed E-state index contributed by atoms with van der Waals surface area (Å²) in [6.45, 7) is 2.19. The topological polar surface area (TPSA) is 48.0 Å². The molecule has 0 spiro atoms. The maximum atomic E-state index is 12.0. The van der Waals surface area contributed by atoms with E-state index in [1.54, 1.807) is 42.0 Å². The largest absolute Gasteiger partial charge is 0.399 e. The van der Waals surface area contributed by atoms with Crippen molar-refractivity contribution in [3.8, 4) is 0 Å². The van der Waals surface area contributed by atoms with Gasteiger partial charge in [-0.05, 0) is 52.7 Å². The summed E-state index contributed by atoms with van der Waals surface area (Å²) in [6, 6.07) is 7.05. The van der Waals surface area contributed by atoms with Gasteiger partial charge in [-0.25, -0.2) is 0 Å². The molecule has 0 saturated carbocycles. The van der Waals surface area contributed by atoms with E-state index in [2.05, 4.69) is 15.9 Å². The van der Waals surface area contributed by atoms with Crippen LogP contribution in [0.1, 0.15) is 11.1 Å². The molecular formula is C13H12BrClN2O. The smallest absolute Gasteiger partial charge is 0.253 e. The van der Waals surface area contributed by atoms with E-state index in [-0.39, 0.29) is 5.56 Å². The Hall–Kier alpha value is -1.26. The van der Waals surface area contributed by atoms with Gasteiger partial charge >= 0.3 is 0 Å². The Bertz CT molecular complexity index is 652. The zero-order valence-electron chi connectivity index (χ0n) is 9.78. The van der Waals surface area contributed by atoms with Crippen LogP contribution in [0.4, 0.5) is 5.69 Å². The molecule has 1 heterocycles. The number of benzene rings is 1. The van der Waals surface area contributed by atoms with Crippen LogP contribution in [-0.4, -0.2) is 4.57 Å². The van der Waals surface area contributed by atoms with Crippen molar-refractivity contribution in [2.75, 3.05) is 5.73 Å². The second kappa shape index (κ2) is 5.16. The van der Waals surface area contributed by atoms with Crippen LogP contribution in [-0.2, 0) is 6.54 Å². The zero-order valence-corrected chi connectivity index (χ0v) is 12.1. The van der Waals surface area contributed by atoms with E-state index in [1.807, 2.05) is 0 Å². The Morgan fingerprint density at radius 2 is 2.11 bits per heavy atom. The molecule has 2 aromatic rings. The van der Waals surface area contributed by atoms with Crippen LogP contribution in [0.5, 0.6) is 0 Å². The average molecular weight is 328 g/mol. The van der Waals surface area contributed by atoms with Gasteiger partial charge in [-0.3, -0.25) is 4.79 Å². The number of nitrogens with zero attached hydrogens (tertiary/aromatic N) is 1. The van der Waals surface area contributed by atoms with Gasteiger partial charge in [-0.15, -0.1) is 0 Å². The maximum absolute atomic E-state index is 12.0. The standard InChI is InChI=1S/C13H12BrClN2O/c1-8-4-10(14)7-17(13(8)18)6-9-5-11(16)2-3-12(9)15/h2-5,7H,6,16H2,1H3. The molecule has 0 saturated heterocycles. The van der Waals surface area contributed by atoms with Crippen molar-refractivity contribution in [3.05, 3.63) is 61.4 Å². The van der Waals surface area contributed by atoms with Gasteiger partial charge in [0.2, 0.25) is 0 Å². The van der Waals surface area contributed by atoms with Gasteiger partial charge in [0.1, 0.15) is 0 Å². The minimum atomic E-state index is -0.0308. The summed E-state index contributed by atoms with van der Waals surface area (Å²) in [5, 5.41) is 0.605. The summed E-state index contributed by atoms with van der Waals surface area (Å²) in [5.74, 6) is 0. The molecule has 0 aliphatic carbocycles. The molecule has 0 unspecified atom stereocenters. The Morgan fingerprint density at radius 1 is 1.39 bits per heavy atom. The van der Waals surface area contributed by atoms with Crippen LogP contribution in [0.2, 0.25) is 5.02 Å². The molecule has 2 rings (SSSR count). The zero-order chi connectivity index (χ0) is 13.3. The first-order valence-electron chi connectivity index (χ1n) is 5.38. The average Bonchev–Trinajstić information content (AvgIpc) is 2.30. The van der Waals surface area contributed by atoms with Gasteiger partial charge < -0.3 is 10.3 Å². The Kier molecular flexibility index (Phi) is 3.78. The van der Waals surface area contributed by atoms with Crippen LogP contribution in [0, 0.1) is 6.92 Å². The molecule has 0 aliphatic rings.